The Balaban J connectivity index is 1.69. The molecule has 1 fully saturated rings. The Hall–Kier alpha value is -1.04. The molecule has 0 amide bonds. The molecule has 0 aromatic heterocycles. The zero-order valence-electron chi connectivity index (χ0n) is 18.8. The highest BCUT2D eigenvalue weighted by atomic mass is 14.4. The van der Waals surface area contributed by atoms with Gasteiger partial charge in [-0.1, -0.05) is 86.9 Å². The number of hydrogen-bond acceptors (Lipinski definition) is 0. The van der Waals surface area contributed by atoms with Crippen molar-refractivity contribution in [3.63, 3.8) is 0 Å². The first kappa shape index (κ1) is 21.7. The Labute approximate surface area is 175 Å². The van der Waals surface area contributed by atoms with E-state index >= 15 is 0 Å². The smallest absolute Gasteiger partial charge is 0.0125 e. The van der Waals surface area contributed by atoms with Gasteiger partial charge in [0.05, 0.1) is 0 Å². The Morgan fingerprint density at radius 3 is 2.36 bits per heavy atom. The predicted molar refractivity (Wildman–Crippen MR) is 124 cm³/mol. The van der Waals surface area contributed by atoms with E-state index in [0.717, 1.165) is 5.92 Å². The van der Waals surface area contributed by atoms with Crippen molar-refractivity contribution in [1.29, 1.82) is 0 Å². The lowest BCUT2D eigenvalue weighted by atomic mass is 9.66. The molecule has 1 unspecified atom stereocenters. The number of allylic oxidation sites excluding steroid dienone is 2. The summed E-state index contributed by atoms with van der Waals surface area (Å²) in [6.45, 7) is 4.56. The zero-order chi connectivity index (χ0) is 19.7. The van der Waals surface area contributed by atoms with Gasteiger partial charge < -0.3 is 0 Å². The molecule has 156 valence electrons. The summed E-state index contributed by atoms with van der Waals surface area (Å²) in [6, 6.07) is 9.51. The van der Waals surface area contributed by atoms with E-state index in [1.165, 1.54) is 108 Å². The van der Waals surface area contributed by atoms with Gasteiger partial charge in [-0.2, -0.15) is 0 Å². The highest BCUT2D eigenvalue weighted by Crippen LogP contribution is 2.46. The van der Waals surface area contributed by atoms with Crippen molar-refractivity contribution in [2.75, 3.05) is 0 Å². The molecule has 3 rings (SSSR count). The average Bonchev–Trinajstić information content (AvgIpc) is 2.73. The van der Waals surface area contributed by atoms with Gasteiger partial charge in [-0.15, -0.1) is 0 Å². The van der Waals surface area contributed by atoms with Crippen molar-refractivity contribution in [1.82, 2.24) is 0 Å². The average molecular weight is 381 g/mol. The highest BCUT2D eigenvalue weighted by Gasteiger charge is 2.32. The van der Waals surface area contributed by atoms with Crippen LogP contribution in [-0.2, 0) is 0 Å². The fraction of sp³-hybridized carbons (Fsp3) is 0.714. The van der Waals surface area contributed by atoms with Gasteiger partial charge in [0.2, 0.25) is 0 Å². The summed E-state index contributed by atoms with van der Waals surface area (Å²) in [7, 11) is 0. The maximum atomic E-state index is 2.57. The number of benzene rings is 1. The van der Waals surface area contributed by atoms with Gasteiger partial charge in [0, 0.05) is 0 Å². The summed E-state index contributed by atoms with van der Waals surface area (Å²) in [5.41, 5.74) is 5.40. The molecule has 28 heavy (non-hydrogen) atoms. The van der Waals surface area contributed by atoms with Gasteiger partial charge in [0.15, 0.2) is 0 Å². The predicted octanol–water partition coefficient (Wildman–Crippen LogP) is 9.28. The molecule has 0 heterocycles. The second-order valence-electron chi connectivity index (χ2n) is 9.98. The molecule has 1 saturated carbocycles. The summed E-state index contributed by atoms with van der Waals surface area (Å²) >= 11 is 0. The molecule has 0 bridgehead atoms. The van der Waals surface area contributed by atoms with Crippen molar-refractivity contribution >= 4 is 0 Å². The van der Waals surface area contributed by atoms with Gasteiger partial charge in [-0.05, 0) is 88.0 Å². The third-order valence-corrected chi connectivity index (χ3v) is 7.69. The fourth-order valence-corrected chi connectivity index (χ4v) is 5.79. The van der Waals surface area contributed by atoms with Gasteiger partial charge in [-0.25, -0.2) is 0 Å². The first-order valence-electron chi connectivity index (χ1n) is 12.5. The van der Waals surface area contributed by atoms with E-state index in [0.29, 0.717) is 5.41 Å². The molecule has 0 spiro atoms. The molecule has 1 atom stereocenters. The summed E-state index contributed by atoms with van der Waals surface area (Å²) in [4.78, 5) is 0. The first-order valence-corrected chi connectivity index (χ1v) is 12.5. The van der Waals surface area contributed by atoms with Crippen LogP contribution >= 0.6 is 0 Å². The number of rotatable bonds is 10. The second kappa shape index (κ2) is 11.2. The maximum Gasteiger partial charge on any atom is -0.0125 e. The molecule has 0 heteroatoms. The van der Waals surface area contributed by atoms with E-state index in [4.69, 9.17) is 0 Å². The molecule has 0 saturated heterocycles. The Bertz CT molecular complexity index is 585. The van der Waals surface area contributed by atoms with Crippen molar-refractivity contribution in [2.24, 2.45) is 5.41 Å². The van der Waals surface area contributed by atoms with Crippen LogP contribution in [0.4, 0.5) is 0 Å². The molecule has 0 N–H and O–H groups in total. The highest BCUT2D eigenvalue weighted by molar-refractivity contribution is 5.26. The van der Waals surface area contributed by atoms with Crippen molar-refractivity contribution in [2.45, 2.75) is 122 Å². The standard InChI is InChI=1S/C28H44/c1-3-4-9-19-28(20-10-6-11-21-28)22-18-27(23-25-12-7-5-8-13-25)26-16-14-24(2)15-17-26/h12,14-17,27H,3-11,13,18-23H2,1-2H3. The van der Waals surface area contributed by atoms with E-state index in [1.54, 1.807) is 11.1 Å². The third kappa shape index (κ3) is 6.50. The molecular formula is C28H44. The van der Waals surface area contributed by atoms with Crippen LogP contribution in [0.15, 0.2) is 35.9 Å². The molecular weight excluding hydrogens is 336 g/mol. The minimum atomic E-state index is 0.664. The lowest BCUT2D eigenvalue weighted by molar-refractivity contribution is 0.144. The molecule has 2 aliphatic rings. The number of aryl methyl sites for hydroxylation is 1. The zero-order valence-corrected chi connectivity index (χ0v) is 18.8. The van der Waals surface area contributed by atoms with E-state index in [-0.39, 0.29) is 0 Å². The van der Waals surface area contributed by atoms with Gasteiger partial charge >= 0.3 is 0 Å². The molecule has 0 aliphatic heterocycles. The third-order valence-electron chi connectivity index (χ3n) is 7.69. The largest absolute Gasteiger partial charge is 0.0853 e. The SMILES string of the molecule is CCCCCC1(CCC(CC2=CCCCC2)c2ccc(C)cc2)CCCCC1. The normalized spacial score (nSPS) is 20.6. The van der Waals surface area contributed by atoms with Crippen LogP contribution in [0.25, 0.3) is 0 Å². The van der Waals surface area contributed by atoms with Crippen LogP contribution in [0, 0.1) is 12.3 Å². The first-order chi connectivity index (χ1) is 13.7. The van der Waals surface area contributed by atoms with Crippen LogP contribution in [0.1, 0.15) is 127 Å². The van der Waals surface area contributed by atoms with E-state index in [2.05, 4.69) is 44.2 Å². The van der Waals surface area contributed by atoms with Crippen LogP contribution < -0.4 is 0 Å². The van der Waals surface area contributed by atoms with E-state index < -0.39 is 0 Å². The quantitative estimate of drug-likeness (QED) is 0.280. The second-order valence-corrected chi connectivity index (χ2v) is 9.98. The Morgan fingerprint density at radius 2 is 1.68 bits per heavy atom. The van der Waals surface area contributed by atoms with E-state index in [9.17, 15) is 0 Å². The summed E-state index contributed by atoms with van der Waals surface area (Å²) in [5, 5.41) is 0. The molecule has 0 radical (unpaired) electrons. The van der Waals surface area contributed by atoms with Crippen LogP contribution in [0.3, 0.4) is 0 Å². The molecule has 2 aliphatic carbocycles. The molecule has 1 aromatic rings. The van der Waals surface area contributed by atoms with Crippen molar-refractivity contribution in [3.8, 4) is 0 Å². The van der Waals surface area contributed by atoms with Gasteiger partial charge in [-0.3, -0.25) is 0 Å². The van der Waals surface area contributed by atoms with Crippen LogP contribution in [0.2, 0.25) is 0 Å². The van der Waals surface area contributed by atoms with Crippen LogP contribution in [0.5, 0.6) is 0 Å². The minimum absolute atomic E-state index is 0.664. The summed E-state index contributed by atoms with van der Waals surface area (Å²) in [6.07, 6.45) is 25.4. The fourth-order valence-electron chi connectivity index (χ4n) is 5.79. The maximum absolute atomic E-state index is 2.57. The van der Waals surface area contributed by atoms with Gasteiger partial charge in [0.25, 0.3) is 0 Å². The summed E-state index contributed by atoms with van der Waals surface area (Å²) in [5.74, 6) is 0.731. The minimum Gasteiger partial charge on any atom is -0.0853 e. The lowest BCUT2D eigenvalue weighted by Crippen LogP contribution is -2.25. The monoisotopic (exact) mass is 380 g/mol. The van der Waals surface area contributed by atoms with Crippen molar-refractivity contribution in [3.05, 3.63) is 47.0 Å². The number of hydrogen-bond donors (Lipinski definition) is 0. The van der Waals surface area contributed by atoms with Crippen LogP contribution in [-0.4, -0.2) is 0 Å². The Morgan fingerprint density at radius 1 is 0.893 bits per heavy atom. The molecule has 0 nitrogen and oxygen atoms in total. The topological polar surface area (TPSA) is 0 Å². The molecule has 1 aromatic carbocycles. The summed E-state index contributed by atoms with van der Waals surface area (Å²) < 4.78 is 0. The van der Waals surface area contributed by atoms with E-state index in [1.807, 2.05) is 0 Å². The number of unbranched alkanes of at least 4 members (excludes halogenated alkanes) is 2. The van der Waals surface area contributed by atoms with Crippen molar-refractivity contribution < 1.29 is 0 Å². The lowest BCUT2D eigenvalue weighted by Gasteiger charge is -2.39. The Kier molecular flexibility index (Phi) is 8.68. The van der Waals surface area contributed by atoms with Gasteiger partial charge in [0.1, 0.15) is 0 Å².